The third-order valence-corrected chi connectivity index (χ3v) is 1.92. The molecule has 0 unspecified atom stereocenters. The Morgan fingerprint density at radius 1 is 1.43 bits per heavy atom. The van der Waals surface area contributed by atoms with Crippen molar-refractivity contribution in [3.63, 3.8) is 0 Å². The minimum absolute atomic E-state index is 0.134. The van der Waals surface area contributed by atoms with Crippen LogP contribution in [-0.4, -0.2) is 6.54 Å². The monoisotopic (exact) mass is 225 g/mol. The van der Waals surface area contributed by atoms with Gasteiger partial charge >= 0.3 is 0 Å². The molecule has 0 fully saturated rings. The van der Waals surface area contributed by atoms with Gasteiger partial charge in [-0.05, 0) is 23.7 Å². The van der Waals surface area contributed by atoms with E-state index in [1.807, 2.05) is 0 Å². The fourth-order valence-corrected chi connectivity index (χ4v) is 1.25. The van der Waals surface area contributed by atoms with Gasteiger partial charge in [0.05, 0.1) is 11.6 Å². The zero-order chi connectivity index (χ0) is 10.4. The molecule has 70 valence electrons. The molecular formula is C9H5Cl2N3. The second-order valence-corrected chi connectivity index (χ2v) is 3.16. The SMILES string of the molecule is [N-]=[N+]=NCC#Cc1ccc(Cl)cc1Cl. The average molecular weight is 226 g/mol. The maximum Gasteiger partial charge on any atom is 0.0880 e. The topological polar surface area (TPSA) is 48.8 Å². The number of halogens is 2. The zero-order valence-corrected chi connectivity index (χ0v) is 8.55. The lowest BCUT2D eigenvalue weighted by molar-refractivity contribution is 1.25. The highest BCUT2D eigenvalue weighted by atomic mass is 35.5. The maximum atomic E-state index is 8.00. The maximum absolute atomic E-state index is 8.00. The second kappa shape index (κ2) is 5.41. The normalized spacial score (nSPS) is 8.43. The van der Waals surface area contributed by atoms with Crippen molar-refractivity contribution in [3.05, 3.63) is 44.3 Å². The van der Waals surface area contributed by atoms with Crippen LogP contribution in [0.3, 0.4) is 0 Å². The van der Waals surface area contributed by atoms with Crippen LogP contribution in [0.5, 0.6) is 0 Å². The Balaban J connectivity index is 2.84. The van der Waals surface area contributed by atoms with E-state index in [0.29, 0.717) is 15.6 Å². The number of azide groups is 1. The molecule has 0 N–H and O–H groups in total. The summed E-state index contributed by atoms with van der Waals surface area (Å²) in [5.74, 6) is 5.43. The minimum atomic E-state index is 0.134. The van der Waals surface area contributed by atoms with Gasteiger partial charge in [0.2, 0.25) is 0 Å². The third-order valence-electron chi connectivity index (χ3n) is 1.37. The predicted octanol–water partition coefficient (Wildman–Crippen LogP) is 3.66. The summed E-state index contributed by atoms with van der Waals surface area (Å²) < 4.78 is 0. The summed E-state index contributed by atoms with van der Waals surface area (Å²) >= 11 is 11.6. The Morgan fingerprint density at radius 3 is 2.86 bits per heavy atom. The molecule has 1 rings (SSSR count). The van der Waals surface area contributed by atoms with Gasteiger partial charge in [0.1, 0.15) is 0 Å². The van der Waals surface area contributed by atoms with Crippen LogP contribution in [0.4, 0.5) is 0 Å². The van der Waals surface area contributed by atoms with E-state index >= 15 is 0 Å². The number of rotatable bonds is 1. The van der Waals surface area contributed by atoms with E-state index in [1.165, 1.54) is 0 Å². The fraction of sp³-hybridized carbons (Fsp3) is 0.111. The van der Waals surface area contributed by atoms with E-state index in [-0.39, 0.29) is 6.54 Å². The van der Waals surface area contributed by atoms with Crippen LogP contribution < -0.4 is 0 Å². The summed E-state index contributed by atoms with van der Waals surface area (Å²) in [4.78, 5) is 2.57. The van der Waals surface area contributed by atoms with Crippen molar-refractivity contribution in [3.8, 4) is 11.8 Å². The first kappa shape index (κ1) is 10.7. The Kier molecular flexibility index (Phi) is 4.15. The average Bonchev–Trinajstić information content (AvgIpc) is 2.15. The van der Waals surface area contributed by atoms with E-state index in [0.717, 1.165) is 0 Å². The first-order chi connectivity index (χ1) is 6.74. The van der Waals surface area contributed by atoms with Gasteiger partial charge in [-0.1, -0.05) is 40.2 Å². The quantitative estimate of drug-likeness (QED) is 0.303. The molecule has 0 amide bonds. The highest BCUT2D eigenvalue weighted by molar-refractivity contribution is 6.35. The predicted molar refractivity (Wildman–Crippen MR) is 57.4 cm³/mol. The molecule has 5 heteroatoms. The van der Waals surface area contributed by atoms with Crippen LogP contribution in [0, 0.1) is 11.8 Å². The Morgan fingerprint density at radius 2 is 2.21 bits per heavy atom. The molecule has 0 spiro atoms. The molecule has 0 aliphatic carbocycles. The molecular weight excluding hydrogens is 221 g/mol. The van der Waals surface area contributed by atoms with E-state index in [2.05, 4.69) is 21.9 Å². The summed E-state index contributed by atoms with van der Waals surface area (Å²) in [7, 11) is 0. The summed E-state index contributed by atoms with van der Waals surface area (Å²) in [6, 6.07) is 5.03. The number of hydrogen-bond acceptors (Lipinski definition) is 1. The van der Waals surface area contributed by atoms with Crippen molar-refractivity contribution >= 4 is 23.2 Å². The van der Waals surface area contributed by atoms with Crippen molar-refractivity contribution in [1.29, 1.82) is 0 Å². The number of nitrogens with zero attached hydrogens (tertiary/aromatic N) is 3. The summed E-state index contributed by atoms with van der Waals surface area (Å²) in [6.07, 6.45) is 0. The van der Waals surface area contributed by atoms with E-state index in [9.17, 15) is 0 Å². The molecule has 0 saturated carbocycles. The molecule has 0 heterocycles. The van der Waals surface area contributed by atoms with Crippen LogP contribution in [0.1, 0.15) is 5.56 Å². The van der Waals surface area contributed by atoms with Gasteiger partial charge < -0.3 is 0 Å². The van der Waals surface area contributed by atoms with Gasteiger partial charge in [-0.2, -0.15) is 0 Å². The summed E-state index contributed by atoms with van der Waals surface area (Å²) in [5, 5.41) is 4.33. The van der Waals surface area contributed by atoms with Gasteiger partial charge in [-0.3, -0.25) is 0 Å². The molecule has 14 heavy (non-hydrogen) atoms. The van der Waals surface area contributed by atoms with E-state index < -0.39 is 0 Å². The smallest absolute Gasteiger partial charge is 0.0880 e. The van der Waals surface area contributed by atoms with Gasteiger partial charge in [-0.25, -0.2) is 0 Å². The van der Waals surface area contributed by atoms with Gasteiger partial charge in [0, 0.05) is 15.5 Å². The Labute approximate surface area is 91.3 Å². The van der Waals surface area contributed by atoms with Crippen LogP contribution in [-0.2, 0) is 0 Å². The van der Waals surface area contributed by atoms with Gasteiger partial charge in [0.25, 0.3) is 0 Å². The van der Waals surface area contributed by atoms with Crippen LogP contribution in [0.15, 0.2) is 23.3 Å². The Bertz CT molecular complexity index is 439. The largest absolute Gasteiger partial charge is 0.0918 e. The second-order valence-electron chi connectivity index (χ2n) is 2.31. The highest BCUT2D eigenvalue weighted by Gasteiger charge is 1.96. The standard InChI is InChI=1S/C9H5Cl2N3/c10-8-4-3-7(9(11)6-8)2-1-5-13-14-12/h3-4,6H,5H2. The molecule has 0 atom stereocenters. The lowest BCUT2D eigenvalue weighted by Gasteiger charge is -1.95. The van der Waals surface area contributed by atoms with Crippen molar-refractivity contribution in [2.45, 2.75) is 0 Å². The number of hydrogen-bond donors (Lipinski definition) is 0. The molecule has 0 bridgehead atoms. The highest BCUT2D eigenvalue weighted by Crippen LogP contribution is 2.19. The molecule has 1 aromatic carbocycles. The minimum Gasteiger partial charge on any atom is -0.0918 e. The lowest BCUT2D eigenvalue weighted by atomic mass is 10.2. The van der Waals surface area contributed by atoms with Crippen LogP contribution in [0.25, 0.3) is 10.4 Å². The number of benzene rings is 1. The first-order valence-electron chi connectivity index (χ1n) is 3.69. The third kappa shape index (κ3) is 3.20. The van der Waals surface area contributed by atoms with E-state index in [4.69, 9.17) is 28.7 Å². The van der Waals surface area contributed by atoms with Crippen LogP contribution in [0.2, 0.25) is 10.0 Å². The molecule has 0 aromatic heterocycles. The van der Waals surface area contributed by atoms with Crippen molar-refractivity contribution in [2.24, 2.45) is 5.11 Å². The summed E-state index contributed by atoms with van der Waals surface area (Å²) in [6.45, 7) is 0.134. The van der Waals surface area contributed by atoms with Crippen LogP contribution >= 0.6 is 23.2 Å². The van der Waals surface area contributed by atoms with Crippen molar-refractivity contribution in [2.75, 3.05) is 6.54 Å². The molecule has 3 nitrogen and oxygen atoms in total. The molecule has 0 radical (unpaired) electrons. The molecule has 0 aliphatic heterocycles. The Hall–Kier alpha value is -1.33. The lowest BCUT2D eigenvalue weighted by Crippen LogP contribution is -1.77. The zero-order valence-electron chi connectivity index (χ0n) is 7.04. The van der Waals surface area contributed by atoms with Crippen molar-refractivity contribution < 1.29 is 0 Å². The fourth-order valence-electron chi connectivity index (χ4n) is 0.793. The van der Waals surface area contributed by atoms with Gasteiger partial charge in [-0.15, -0.1) is 0 Å². The first-order valence-corrected chi connectivity index (χ1v) is 4.44. The molecule has 0 saturated heterocycles. The molecule has 1 aromatic rings. The summed E-state index contributed by atoms with van der Waals surface area (Å²) in [5.41, 5.74) is 8.67. The van der Waals surface area contributed by atoms with Gasteiger partial charge in [0.15, 0.2) is 0 Å². The van der Waals surface area contributed by atoms with E-state index in [1.54, 1.807) is 18.2 Å². The molecule has 0 aliphatic rings. The van der Waals surface area contributed by atoms with Crippen molar-refractivity contribution in [1.82, 2.24) is 0 Å².